The Hall–Kier alpha value is -1.81. The molecular weight excluding hydrogens is 348 g/mol. The van der Waals surface area contributed by atoms with E-state index < -0.39 is 0 Å². The lowest BCUT2D eigenvalue weighted by atomic mass is 9.94. The van der Waals surface area contributed by atoms with Gasteiger partial charge >= 0.3 is 0 Å². The Morgan fingerprint density at radius 2 is 2.04 bits per heavy atom. The molecule has 0 bridgehead atoms. The third kappa shape index (κ3) is 5.38. The van der Waals surface area contributed by atoms with Gasteiger partial charge in [-0.25, -0.2) is 0 Å². The Labute approximate surface area is 170 Å². The molecule has 0 N–H and O–H groups in total. The monoisotopic (exact) mass is 384 g/mol. The minimum absolute atomic E-state index is 0.348. The fraction of sp³-hybridized carbons (Fsp3) is 0.625. The number of rotatable bonds is 10. The summed E-state index contributed by atoms with van der Waals surface area (Å²) in [6, 6.07) is 7.15. The molecule has 2 atom stereocenters. The maximum Gasteiger partial charge on any atom is 0.231 e. The number of ether oxygens (including phenoxy) is 2. The van der Waals surface area contributed by atoms with E-state index in [1.54, 1.807) is 0 Å². The average Bonchev–Trinajstić information content (AvgIpc) is 3.34. The molecule has 0 aliphatic carbocycles. The first kappa shape index (κ1) is 20.9. The van der Waals surface area contributed by atoms with Gasteiger partial charge in [0.25, 0.3) is 0 Å². The molecule has 2 unspecified atom stereocenters. The predicted octanol–water partition coefficient (Wildman–Crippen LogP) is 5.93. The van der Waals surface area contributed by atoms with Crippen molar-refractivity contribution in [3.63, 3.8) is 0 Å². The zero-order valence-corrected chi connectivity index (χ0v) is 17.8. The fourth-order valence-corrected chi connectivity index (χ4v) is 4.38. The van der Waals surface area contributed by atoms with Crippen LogP contribution in [0.25, 0.3) is 0 Å². The Morgan fingerprint density at radius 1 is 1.18 bits per heavy atom. The number of benzene rings is 1. The van der Waals surface area contributed by atoms with E-state index >= 15 is 0 Å². The van der Waals surface area contributed by atoms with Gasteiger partial charge in [0.15, 0.2) is 11.5 Å². The van der Waals surface area contributed by atoms with Crippen LogP contribution in [-0.4, -0.2) is 36.5 Å². The highest BCUT2D eigenvalue weighted by molar-refractivity contribution is 5.85. The van der Waals surface area contributed by atoms with Gasteiger partial charge in [0.1, 0.15) is 0 Å². The molecule has 3 rings (SSSR count). The van der Waals surface area contributed by atoms with E-state index in [1.807, 2.05) is 19.2 Å². The van der Waals surface area contributed by atoms with Crippen LogP contribution >= 0.6 is 0 Å². The smallest absolute Gasteiger partial charge is 0.231 e. The summed E-state index contributed by atoms with van der Waals surface area (Å²) in [6.07, 6.45) is 12.3. The highest BCUT2D eigenvalue weighted by atomic mass is 16.7. The highest BCUT2D eigenvalue weighted by Gasteiger charge is 2.33. The second kappa shape index (κ2) is 10.7. The molecule has 4 heteroatoms. The summed E-state index contributed by atoms with van der Waals surface area (Å²) >= 11 is 0. The van der Waals surface area contributed by atoms with Crippen LogP contribution < -0.4 is 9.47 Å². The summed E-state index contributed by atoms with van der Waals surface area (Å²) in [6.45, 7) is 9.26. The topological polar surface area (TPSA) is 34.1 Å². The van der Waals surface area contributed by atoms with Gasteiger partial charge in [0.05, 0.1) is 0 Å². The summed E-state index contributed by atoms with van der Waals surface area (Å²) in [5, 5.41) is 0. The molecule has 2 aliphatic heterocycles. The van der Waals surface area contributed by atoms with Crippen molar-refractivity contribution in [3.8, 4) is 11.5 Å². The van der Waals surface area contributed by atoms with Crippen molar-refractivity contribution in [2.75, 3.05) is 19.9 Å². The van der Waals surface area contributed by atoms with Gasteiger partial charge in [0, 0.05) is 24.5 Å². The molecule has 154 valence electrons. The summed E-state index contributed by atoms with van der Waals surface area (Å²) < 4.78 is 11.1. The van der Waals surface area contributed by atoms with Gasteiger partial charge in [-0.3, -0.25) is 9.89 Å². The number of likely N-dealkylation sites (tertiary alicyclic amines) is 1. The molecule has 4 nitrogen and oxygen atoms in total. The molecule has 1 fully saturated rings. The maximum absolute atomic E-state index is 5.60. The van der Waals surface area contributed by atoms with E-state index in [4.69, 9.17) is 9.47 Å². The average molecular weight is 385 g/mol. The number of fused-ring (bicyclic) bond motifs is 1. The van der Waals surface area contributed by atoms with Crippen molar-refractivity contribution < 1.29 is 9.47 Å². The van der Waals surface area contributed by atoms with Crippen molar-refractivity contribution in [1.82, 2.24) is 4.90 Å². The number of aliphatic imine (C=N–C) groups is 1. The van der Waals surface area contributed by atoms with Crippen molar-refractivity contribution in [3.05, 3.63) is 36.0 Å². The summed E-state index contributed by atoms with van der Waals surface area (Å²) in [4.78, 5) is 7.40. The van der Waals surface area contributed by atoms with Crippen LogP contribution in [0.3, 0.4) is 0 Å². The zero-order valence-electron chi connectivity index (χ0n) is 17.8. The van der Waals surface area contributed by atoms with E-state index in [2.05, 4.69) is 41.9 Å². The Kier molecular flexibility index (Phi) is 7.96. The third-order valence-corrected chi connectivity index (χ3v) is 5.91. The first-order valence-electron chi connectivity index (χ1n) is 11.0. The van der Waals surface area contributed by atoms with Crippen LogP contribution in [0.2, 0.25) is 0 Å². The number of nitrogens with zero attached hydrogens (tertiary/aromatic N) is 2. The number of hydrogen-bond donors (Lipinski definition) is 0. The Balaban J connectivity index is 1.66. The van der Waals surface area contributed by atoms with Crippen LogP contribution in [0.1, 0.15) is 77.2 Å². The summed E-state index contributed by atoms with van der Waals surface area (Å²) in [5.74, 6) is 2.37. The third-order valence-electron chi connectivity index (χ3n) is 5.91. The van der Waals surface area contributed by atoms with E-state index in [0.717, 1.165) is 30.9 Å². The van der Waals surface area contributed by atoms with Crippen LogP contribution in [0.5, 0.6) is 11.5 Å². The first-order valence-corrected chi connectivity index (χ1v) is 11.0. The molecule has 0 amide bonds. The Bertz CT molecular complexity index is 683. The fourth-order valence-electron chi connectivity index (χ4n) is 4.38. The molecule has 0 aromatic heterocycles. The lowest BCUT2D eigenvalue weighted by Crippen LogP contribution is -2.31. The quantitative estimate of drug-likeness (QED) is 0.469. The van der Waals surface area contributed by atoms with Gasteiger partial charge in [-0.2, -0.15) is 0 Å². The Morgan fingerprint density at radius 3 is 2.82 bits per heavy atom. The van der Waals surface area contributed by atoms with Crippen LogP contribution in [0.4, 0.5) is 0 Å². The van der Waals surface area contributed by atoms with Gasteiger partial charge in [-0.1, -0.05) is 38.8 Å². The molecule has 0 saturated carbocycles. The van der Waals surface area contributed by atoms with Crippen molar-refractivity contribution in [2.24, 2.45) is 4.99 Å². The predicted molar refractivity (Wildman–Crippen MR) is 117 cm³/mol. The van der Waals surface area contributed by atoms with Crippen LogP contribution in [-0.2, 0) is 0 Å². The van der Waals surface area contributed by atoms with Gasteiger partial charge in [0.2, 0.25) is 6.79 Å². The standard InChI is InChI=1S/C24H36N2O2/c1-4-7-14-26-17-20(19-9-12-23-24(16-19)28-18-27-23)15-22(26)11-10-21(8-5-2)25-13-6-3/h6,9,12-13,16,20,22H,4-5,7-8,10-11,14-15,17-18H2,1-3H3/b13-6-,25-21?. The lowest BCUT2D eigenvalue weighted by Gasteiger charge is -2.24. The van der Waals surface area contributed by atoms with Gasteiger partial charge in [-0.05, 0) is 69.2 Å². The second-order valence-electron chi connectivity index (χ2n) is 8.01. The highest BCUT2D eigenvalue weighted by Crippen LogP contribution is 2.39. The molecule has 28 heavy (non-hydrogen) atoms. The van der Waals surface area contributed by atoms with E-state index in [9.17, 15) is 0 Å². The normalized spacial score (nSPS) is 22.5. The van der Waals surface area contributed by atoms with Crippen molar-refractivity contribution in [2.45, 2.75) is 77.7 Å². The number of hydrogen-bond acceptors (Lipinski definition) is 4. The second-order valence-corrected chi connectivity index (χ2v) is 8.01. The molecule has 0 radical (unpaired) electrons. The van der Waals surface area contributed by atoms with Crippen molar-refractivity contribution in [1.29, 1.82) is 0 Å². The number of unbranched alkanes of at least 4 members (excludes halogenated alkanes) is 1. The SMILES string of the molecule is C/C=C\N=C(CCC)CCC1CC(c2ccc3c(c2)OCO3)CN1CCCC. The lowest BCUT2D eigenvalue weighted by molar-refractivity contribution is 0.174. The molecule has 2 aliphatic rings. The largest absolute Gasteiger partial charge is 0.454 e. The van der Waals surface area contributed by atoms with Crippen molar-refractivity contribution >= 4 is 5.71 Å². The minimum Gasteiger partial charge on any atom is -0.454 e. The number of allylic oxidation sites excluding steroid dienone is 1. The summed E-state index contributed by atoms with van der Waals surface area (Å²) in [5.41, 5.74) is 2.74. The zero-order chi connectivity index (χ0) is 19.8. The molecular formula is C24H36N2O2. The van der Waals surface area contributed by atoms with Gasteiger partial charge in [-0.15, -0.1) is 0 Å². The van der Waals surface area contributed by atoms with Crippen LogP contribution in [0, 0.1) is 0 Å². The molecule has 1 aromatic rings. The maximum atomic E-state index is 5.60. The summed E-state index contributed by atoms with van der Waals surface area (Å²) in [7, 11) is 0. The molecule has 1 aromatic carbocycles. The minimum atomic E-state index is 0.348. The molecule has 0 spiro atoms. The van der Waals surface area contributed by atoms with E-state index in [0.29, 0.717) is 18.8 Å². The first-order chi connectivity index (χ1) is 13.7. The van der Waals surface area contributed by atoms with E-state index in [1.165, 1.54) is 49.9 Å². The van der Waals surface area contributed by atoms with Gasteiger partial charge < -0.3 is 9.47 Å². The molecule has 2 heterocycles. The van der Waals surface area contributed by atoms with E-state index in [-0.39, 0.29) is 0 Å². The molecule has 1 saturated heterocycles. The van der Waals surface area contributed by atoms with Crippen LogP contribution in [0.15, 0.2) is 35.5 Å².